The number of nitrogens with zero attached hydrogens (tertiary/aromatic N) is 4. The maximum Gasteiger partial charge on any atom is 0.276 e. The molecule has 2 aliphatic heterocycles. The monoisotopic (exact) mass is 312 g/mol. The highest BCUT2D eigenvalue weighted by Gasteiger charge is 2.25. The van der Waals surface area contributed by atoms with Crippen LogP contribution in [0.3, 0.4) is 0 Å². The van der Waals surface area contributed by atoms with Crippen LogP contribution >= 0.6 is 0 Å². The fraction of sp³-hybridized carbons (Fsp3) is 0.556. The Labute approximate surface area is 137 Å². The summed E-state index contributed by atoms with van der Waals surface area (Å²) in [6.07, 6.45) is 4.07. The molecule has 5 heteroatoms. The second kappa shape index (κ2) is 7.02. The number of hydrogen-bond donors (Lipinski definition) is 0. The summed E-state index contributed by atoms with van der Waals surface area (Å²) >= 11 is 0. The Balaban J connectivity index is 1.63. The molecule has 2 heterocycles. The van der Waals surface area contributed by atoms with E-state index >= 15 is 0 Å². The lowest BCUT2D eigenvalue weighted by molar-refractivity contribution is -0.119. The highest BCUT2D eigenvalue weighted by molar-refractivity contribution is 5.97. The minimum absolute atomic E-state index is 0.173. The topological polar surface area (TPSA) is 57.4 Å². The maximum absolute atomic E-state index is 12.3. The van der Waals surface area contributed by atoms with E-state index in [0.717, 1.165) is 31.5 Å². The molecule has 0 bridgehead atoms. The van der Waals surface area contributed by atoms with E-state index in [2.05, 4.69) is 58.2 Å². The number of likely N-dealkylation sites (tertiary alicyclic amines) is 1. The molecule has 23 heavy (non-hydrogen) atoms. The quantitative estimate of drug-likeness (QED) is 0.857. The first-order valence-electron chi connectivity index (χ1n) is 8.50. The number of azo groups is 1. The molecule has 0 N–H and O–H groups in total. The molecule has 0 radical (unpaired) electrons. The predicted molar refractivity (Wildman–Crippen MR) is 90.7 cm³/mol. The molecule has 1 atom stereocenters. The molecule has 1 aromatic rings. The molecule has 1 amide bonds. The number of rotatable bonds is 3. The summed E-state index contributed by atoms with van der Waals surface area (Å²) in [6.45, 7) is 6.19. The summed E-state index contributed by atoms with van der Waals surface area (Å²) in [5, 5.41) is 8.43. The van der Waals surface area contributed by atoms with Crippen molar-refractivity contribution in [1.29, 1.82) is 0 Å². The highest BCUT2D eigenvalue weighted by atomic mass is 16.2. The van der Waals surface area contributed by atoms with Gasteiger partial charge in [-0.15, -0.1) is 5.11 Å². The van der Waals surface area contributed by atoms with Gasteiger partial charge in [-0.3, -0.25) is 4.79 Å². The van der Waals surface area contributed by atoms with E-state index in [1.165, 1.54) is 12.0 Å². The first-order valence-corrected chi connectivity index (χ1v) is 8.50. The van der Waals surface area contributed by atoms with Gasteiger partial charge in [-0.1, -0.05) is 38.1 Å². The van der Waals surface area contributed by atoms with E-state index in [-0.39, 0.29) is 5.91 Å². The molecule has 1 aromatic carbocycles. The van der Waals surface area contributed by atoms with Gasteiger partial charge in [-0.2, -0.15) is 10.1 Å². The molecule has 5 nitrogen and oxygen atoms in total. The van der Waals surface area contributed by atoms with Crippen LogP contribution in [0.2, 0.25) is 0 Å². The van der Waals surface area contributed by atoms with Crippen molar-refractivity contribution in [2.75, 3.05) is 13.1 Å². The summed E-state index contributed by atoms with van der Waals surface area (Å²) in [4.78, 5) is 18.5. The summed E-state index contributed by atoms with van der Waals surface area (Å²) in [6, 6.07) is 7.90. The lowest BCUT2D eigenvalue weighted by Gasteiger charge is -2.28. The smallest absolute Gasteiger partial charge is 0.276 e. The van der Waals surface area contributed by atoms with Crippen LogP contribution in [0.15, 0.2) is 39.5 Å². The summed E-state index contributed by atoms with van der Waals surface area (Å²) in [7, 11) is 0. The minimum Gasteiger partial charge on any atom is -0.339 e. The van der Waals surface area contributed by atoms with Crippen LogP contribution in [-0.2, 0) is 11.2 Å². The van der Waals surface area contributed by atoms with E-state index < -0.39 is 6.04 Å². The molecular formula is C18H24N4O. The average molecular weight is 312 g/mol. The number of piperidine rings is 1. The number of benzene rings is 1. The largest absolute Gasteiger partial charge is 0.339 e. The van der Waals surface area contributed by atoms with Crippen molar-refractivity contribution in [1.82, 2.24) is 4.90 Å². The average Bonchev–Trinajstić information content (AvgIpc) is 2.58. The van der Waals surface area contributed by atoms with Crippen LogP contribution in [0.4, 0.5) is 0 Å². The zero-order valence-corrected chi connectivity index (χ0v) is 13.9. The van der Waals surface area contributed by atoms with Gasteiger partial charge in [0.1, 0.15) is 0 Å². The number of hydrogen-bond acceptors (Lipinski definition) is 4. The van der Waals surface area contributed by atoms with Crippen molar-refractivity contribution in [2.45, 2.75) is 51.5 Å². The molecule has 1 unspecified atom stereocenters. The summed E-state index contributed by atoms with van der Waals surface area (Å²) < 4.78 is 0. The third-order valence-corrected chi connectivity index (χ3v) is 4.50. The first-order chi connectivity index (χ1) is 11.1. The van der Waals surface area contributed by atoms with Gasteiger partial charge in [0.25, 0.3) is 5.91 Å². The van der Waals surface area contributed by atoms with Crippen molar-refractivity contribution < 1.29 is 4.79 Å². The van der Waals surface area contributed by atoms with E-state index in [0.29, 0.717) is 18.3 Å². The van der Waals surface area contributed by atoms with Gasteiger partial charge in [0.15, 0.2) is 6.04 Å². The third-order valence-electron chi connectivity index (χ3n) is 4.50. The molecule has 0 aliphatic carbocycles. The summed E-state index contributed by atoms with van der Waals surface area (Å²) in [5.74, 6) is 0.839. The fourth-order valence-electron chi connectivity index (χ4n) is 2.98. The fourth-order valence-corrected chi connectivity index (χ4v) is 2.98. The van der Waals surface area contributed by atoms with Crippen LogP contribution in [0.5, 0.6) is 0 Å². The van der Waals surface area contributed by atoms with Gasteiger partial charge in [0.05, 0.1) is 0 Å². The molecule has 0 saturated carbocycles. The normalized spacial score (nSPS) is 21.7. The molecule has 3 rings (SSSR count). The van der Waals surface area contributed by atoms with Crippen molar-refractivity contribution in [3.63, 3.8) is 0 Å². The minimum atomic E-state index is -0.478. The number of amides is 1. The lowest BCUT2D eigenvalue weighted by atomic mass is 9.99. The van der Waals surface area contributed by atoms with Crippen molar-refractivity contribution in [2.24, 2.45) is 15.2 Å². The van der Waals surface area contributed by atoms with E-state index in [4.69, 9.17) is 0 Å². The molecular weight excluding hydrogens is 288 g/mol. The molecule has 1 saturated heterocycles. The van der Waals surface area contributed by atoms with E-state index in [1.807, 2.05) is 0 Å². The zero-order valence-electron chi connectivity index (χ0n) is 13.9. The first kappa shape index (κ1) is 15.8. The number of aliphatic imine (C=N–C) groups is 1. The van der Waals surface area contributed by atoms with Crippen LogP contribution in [0.1, 0.15) is 50.2 Å². The SMILES string of the molecule is CC(C)c1ccc(CC2N=NC(N3CCCCC3)=NC2=O)cc1. The number of carbonyl (C=O) groups excluding carboxylic acids is 1. The lowest BCUT2D eigenvalue weighted by Crippen LogP contribution is -2.37. The molecule has 1 fully saturated rings. The Morgan fingerprint density at radius 2 is 1.83 bits per heavy atom. The number of guanidine groups is 1. The second-order valence-electron chi connectivity index (χ2n) is 6.63. The van der Waals surface area contributed by atoms with Gasteiger partial charge in [-0.05, 0) is 36.3 Å². The maximum atomic E-state index is 12.3. The Kier molecular flexibility index (Phi) is 4.84. The molecule has 2 aliphatic rings. The molecule has 0 spiro atoms. The molecule has 0 aromatic heterocycles. The second-order valence-corrected chi connectivity index (χ2v) is 6.63. The van der Waals surface area contributed by atoms with Crippen LogP contribution in [0, 0.1) is 0 Å². The van der Waals surface area contributed by atoms with Gasteiger partial charge < -0.3 is 4.90 Å². The van der Waals surface area contributed by atoms with Crippen LogP contribution in [0.25, 0.3) is 0 Å². The van der Waals surface area contributed by atoms with Crippen LogP contribution < -0.4 is 0 Å². The Morgan fingerprint density at radius 1 is 1.13 bits per heavy atom. The predicted octanol–water partition coefficient (Wildman–Crippen LogP) is 3.56. The van der Waals surface area contributed by atoms with Gasteiger partial charge in [-0.25, -0.2) is 0 Å². The molecule has 122 valence electrons. The number of carbonyl (C=O) groups is 1. The van der Waals surface area contributed by atoms with Gasteiger partial charge in [0.2, 0.25) is 5.96 Å². The third kappa shape index (κ3) is 3.84. The van der Waals surface area contributed by atoms with Gasteiger partial charge in [0, 0.05) is 19.5 Å². The van der Waals surface area contributed by atoms with Crippen molar-refractivity contribution in [3.8, 4) is 0 Å². The summed E-state index contributed by atoms with van der Waals surface area (Å²) in [5.41, 5.74) is 2.40. The standard InChI is InChI=1S/C18H24N4O/c1-13(2)15-8-6-14(7-9-15)12-16-17(23)19-18(21-20-16)22-10-4-3-5-11-22/h6-9,13,16H,3-5,10-12H2,1-2H3. The zero-order chi connectivity index (χ0) is 16.2. The van der Waals surface area contributed by atoms with Crippen molar-refractivity contribution >= 4 is 11.9 Å². The van der Waals surface area contributed by atoms with E-state index in [1.54, 1.807) is 0 Å². The Hall–Kier alpha value is -2.04. The van der Waals surface area contributed by atoms with Gasteiger partial charge >= 0.3 is 0 Å². The van der Waals surface area contributed by atoms with Crippen molar-refractivity contribution in [3.05, 3.63) is 35.4 Å². The van der Waals surface area contributed by atoms with E-state index in [9.17, 15) is 4.79 Å². The highest BCUT2D eigenvalue weighted by Crippen LogP contribution is 2.18. The van der Waals surface area contributed by atoms with Crippen LogP contribution in [-0.4, -0.2) is 35.9 Å². The Bertz CT molecular complexity index is 612. The Morgan fingerprint density at radius 3 is 2.43 bits per heavy atom.